The van der Waals surface area contributed by atoms with E-state index in [1.165, 1.54) is 17.3 Å². The smallest absolute Gasteiger partial charge is 0.230 e. The minimum atomic E-state index is -0.112. The van der Waals surface area contributed by atoms with Gasteiger partial charge in [0.05, 0.1) is 18.0 Å². The van der Waals surface area contributed by atoms with Gasteiger partial charge in [0.15, 0.2) is 0 Å². The molecule has 1 heterocycles. The van der Waals surface area contributed by atoms with Crippen LogP contribution in [0.5, 0.6) is 5.75 Å². The average molecular weight is 418 g/mol. The van der Waals surface area contributed by atoms with Crippen LogP contribution in [0.15, 0.2) is 47.6 Å². The summed E-state index contributed by atoms with van der Waals surface area (Å²) in [5.41, 5.74) is 3.22. The molecule has 2 aromatic carbocycles. The van der Waals surface area contributed by atoms with E-state index in [0.717, 1.165) is 11.3 Å². The molecule has 0 aliphatic carbocycles. The summed E-state index contributed by atoms with van der Waals surface area (Å²) in [4.78, 5) is 12.1. The standard InChI is InChI=1S/C19H20ClN5O2S/c1-13-3-6-16(11-14(13)2)25-19(22-23-24-25)28-12-18(26)21-9-10-27-17-7-4-15(20)5-8-17/h3-8,11H,9-10,12H2,1-2H3,(H,21,26). The van der Waals surface area contributed by atoms with Gasteiger partial charge in [-0.15, -0.1) is 5.10 Å². The number of amides is 1. The summed E-state index contributed by atoms with van der Waals surface area (Å²) in [5, 5.41) is 15.8. The van der Waals surface area contributed by atoms with E-state index in [1.807, 2.05) is 25.1 Å². The maximum atomic E-state index is 12.1. The van der Waals surface area contributed by atoms with Crippen LogP contribution >= 0.6 is 23.4 Å². The molecule has 3 aromatic rings. The summed E-state index contributed by atoms with van der Waals surface area (Å²) in [6, 6.07) is 13.1. The first-order chi connectivity index (χ1) is 13.5. The second kappa shape index (κ2) is 9.57. The maximum Gasteiger partial charge on any atom is 0.230 e. The highest BCUT2D eigenvalue weighted by molar-refractivity contribution is 7.99. The normalized spacial score (nSPS) is 10.7. The SMILES string of the molecule is Cc1ccc(-n2nnnc2SCC(=O)NCCOc2ccc(Cl)cc2)cc1C. The van der Waals surface area contributed by atoms with Gasteiger partial charge >= 0.3 is 0 Å². The fraction of sp³-hybridized carbons (Fsp3) is 0.263. The van der Waals surface area contributed by atoms with Gasteiger partial charge in [-0.1, -0.05) is 29.4 Å². The molecule has 1 amide bonds. The molecule has 0 aliphatic heterocycles. The molecule has 0 spiro atoms. The van der Waals surface area contributed by atoms with Crippen molar-refractivity contribution in [2.75, 3.05) is 18.9 Å². The predicted molar refractivity (Wildman–Crippen MR) is 109 cm³/mol. The largest absolute Gasteiger partial charge is 0.492 e. The van der Waals surface area contributed by atoms with Crippen LogP contribution in [0, 0.1) is 13.8 Å². The number of carbonyl (C=O) groups excluding carboxylic acids is 1. The Kier molecular flexibility index (Phi) is 6.89. The molecule has 0 bridgehead atoms. The number of rotatable bonds is 8. The average Bonchev–Trinajstić information content (AvgIpc) is 3.16. The number of tetrazole rings is 1. The predicted octanol–water partition coefficient (Wildman–Crippen LogP) is 3.22. The van der Waals surface area contributed by atoms with E-state index in [-0.39, 0.29) is 11.7 Å². The summed E-state index contributed by atoms with van der Waals surface area (Å²) in [5.74, 6) is 0.812. The molecular formula is C19H20ClN5O2S. The number of nitrogens with one attached hydrogen (secondary N) is 1. The van der Waals surface area contributed by atoms with Crippen LogP contribution in [0.3, 0.4) is 0 Å². The van der Waals surface area contributed by atoms with Crippen molar-refractivity contribution in [1.82, 2.24) is 25.5 Å². The number of hydrogen-bond acceptors (Lipinski definition) is 6. The van der Waals surface area contributed by atoms with Gasteiger partial charge in [0.1, 0.15) is 12.4 Å². The number of aromatic nitrogens is 4. The molecule has 0 aliphatic rings. The van der Waals surface area contributed by atoms with Crippen molar-refractivity contribution >= 4 is 29.3 Å². The maximum absolute atomic E-state index is 12.1. The van der Waals surface area contributed by atoms with E-state index in [4.69, 9.17) is 16.3 Å². The monoisotopic (exact) mass is 417 g/mol. The minimum absolute atomic E-state index is 0.112. The number of ether oxygens (including phenoxy) is 1. The molecule has 28 heavy (non-hydrogen) atoms. The van der Waals surface area contributed by atoms with Crippen LogP contribution in [0.2, 0.25) is 5.02 Å². The fourth-order valence-electron chi connectivity index (χ4n) is 2.36. The van der Waals surface area contributed by atoms with Crippen molar-refractivity contribution in [2.24, 2.45) is 0 Å². The lowest BCUT2D eigenvalue weighted by molar-refractivity contribution is -0.118. The van der Waals surface area contributed by atoms with Gasteiger partial charge in [-0.3, -0.25) is 4.79 Å². The first-order valence-corrected chi connectivity index (χ1v) is 10.0. The number of benzene rings is 2. The Morgan fingerprint density at radius 2 is 1.96 bits per heavy atom. The topological polar surface area (TPSA) is 81.9 Å². The highest BCUT2D eigenvalue weighted by Gasteiger charge is 2.12. The Bertz CT molecular complexity index is 946. The second-order valence-electron chi connectivity index (χ2n) is 6.08. The Balaban J connectivity index is 1.45. The lowest BCUT2D eigenvalue weighted by Crippen LogP contribution is -2.29. The molecule has 9 heteroatoms. The number of nitrogens with zero attached hydrogens (tertiary/aromatic N) is 4. The molecule has 1 aromatic heterocycles. The van der Waals surface area contributed by atoms with Gasteiger partial charge in [-0.05, 0) is 71.8 Å². The van der Waals surface area contributed by atoms with Crippen LogP contribution in [-0.2, 0) is 4.79 Å². The van der Waals surface area contributed by atoms with Crippen LogP contribution in [0.25, 0.3) is 5.69 Å². The van der Waals surface area contributed by atoms with Crippen LogP contribution in [0.4, 0.5) is 0 Å². The Hall–Kier alpha value is -2.58. The zero-order valence-electron chi connectivity index (χ0n) is 15.6. The summed E-state index contributed by atoms with van der Waals surface area (Å²) in [6.07, 6.45) is 0. The van der Waals surface area contributed by atoms with Crippen molar-refractivity contribution in [3.05, 3.63) is 58.6 Å². The molecule has 0 unspecified atom stereocenters. The van der Waals surface area contributed by atoms with Crippen molar-refractivity contribution < 1.29 is 9.53 Å². The van der Waals surface area contributed by atoms with E-state index in [9.17, 15) is 4.79 Å². The number of hydrogen-bond donors (Lipinski definition) is 1. The summed E-state index contributed by atoms with van der Waals surface area (Å²) >= 11 is 7.11. The molecule has 1 N–H and O–H groups in total. The molecule has 0 saturated heterocycles. The summed E-state index contributed by atoms with van der Waals surface area (Å²) in [6.45, 7) is 4.87. The molecule has 7 nitrogen and oxygen atoms in total. The summed E-state index contributed by atoms with van der Waals surface area (Å²) < 4.78 is 7.18. The molecule has 0 saturated carbocycles. The van der Waals surface area contributed by atoms with E-state index in [0.29, 0.717) is 29.1 Å². The molecular weight excluding hydrogens is 398 g/mol. The van der Waals surface area contributed by atoms with Gasteiger partial charge in [-0.25, -0.2) is 0 Å². The van der Waals surface area contributed by atoms with Crippen LogP contribution < -0.4 is 10.1 Å². The van der Waals surface area contributed by atoms with Crippen molar-refractivity contribution in [3.63, 3.8) is 0 Å². The molecule has 3 rings (SSSR count). The lowest BCUT2D eigenvalue weighted by atomic mass is 10.1. The van der Waals surface area contributed by atoms with E-state index >= 15 is 0 Å². The quantitative estimate of drug-likeness (QED) is 0.447. The molecule has 0 radical (unpaired) electrons. The van der Waals surface area contributed by atoms with Gasteiger partial charge in [0.2, 0.25) is 11.1 Å². The van der Waals surface area contributed by atoms with Crippen molar-refractivity contribution in [2.45, 2.75) is 19.0 Å². The van der Waals surface area contributed by atoms with Crippen molar-refractivity contribution in [1.29, 1.82) is 0 Å². The van der Waals surface area contributed by atoms with E-state index in [1.54, 1.807) is 28.9 Å². The zero-order chi connectivity index (χ0) is 19.9. The fourth-order valence-corrected chi connectivity index (χ4v) is 3.21. The Morgan fingerprint density at radius 3 is 2.71 bits per heavy atom. The van der Waals surface area contributed by atoms with Gasteiger partial charge in [0, 0.05) is 5.02 Å². The van der Waals surface area contributed by atoms with Gasteiger partial charge in [0.25, 0.3) is 0 Å². The number of thioether (sulfide) groups is 1. The first-order valence-electron chi connectivity index (χ1n) is 8.67. The lowest BCUT2D eigenvalue weighted by Gasteiger charge is -2.08. The van der Waals surface area contributed by atoms with Gasteiger partial charge in [-0.2, -0.15) is 4.68 Å². The zero-order valence-corrected chi connectivity index (χ0v) is 17.1. The highest BCUT2D eigenvalue weighted by Crippen LogP contribution is 2.20. The Morgan fingerprint density at radius 1 is 1.18 bits per heavy atom. The minimum Gasteiger partial charge on any atom is -0.492 e. The van der Waals surface area contributed by atoms with Gasteiger partial charge < -0.3 is 10.1 Å². The molecule has 0 fully saturated rings. The van der Waals surface area contributed by atoms with E-state index < -0.39 is 0 Å². The van der Waals surface area contributed by atoms with Crippen molar-refractivity contribution in [3.8, 4) is 11.4 Å². The third kappa shape index (κ3) is 5.46. The highest BCUT2D eigenvalue weighted by atomic mass is 35.5. The number of halogens is 1. The number of carbonyl (C=O) groups is 1. The second-order valence-corrected chi connectivity index (χ2v) is 7.46. The first kappa shape index (κ1) is 20.2. The van der Waals surface area contributed by atoms with Crippen LogP contribution in [-0.4, -0.2) is 45.0 Å². The molecule has 146 valence electrons. The summed E-state index contributed by atoms with van der Waals surface area (Å²) in [7, 11) is 0. The van der Waals surface area contributed by atoms with Crippen LogP contribution in [0.1, 0.15) is 11.1 Å². The molecule has 0 atom stereocenters. The Labute approximate surface area is 172 Å². The van der Waals surface area contributed by atoms with E-state index in [2.05, 4.69) is 27.8 Å². The third-order valence-corrected chi connectivity index (χ3v) is 5.19. The third-order valence-electron chi connectivity index (χ3n) is 4.01. The number of aryl methyl sites for hydroxylation is 2.